The van der Waals surface area contributed by atoms with Crippen LogP contribution in [0.15, 0.2) is 91.1 Å². The quantitative estimate of drug-likeness (QED) is 0.117. The molecule has 3 aliphatic rings. The second-order valence-corrected chi connectivity index (χ2v) is 18.5. The number of hydrogen-bond acceptors (Lipinski definition) is 8. The number of nitrogens with one attached hydrogen (secondary N) is 1. The van der Waals surface area contributed by atoms with Crippen LogP contribution in [0.25, 0.3) is 11.1 Å². The van der Waals surface area contributed by atoms with Crippen molar-refractivity contribution < 1.29 is 23.8 Å². The van der Waals surface area contributed by atoms with Crippen LogP contribution in [0.1, 0.15) is 95.9 Å². The lowest BCUT2D eigenvalue weighted by Crippen LogP contribution is -2.55. The van der Waals surface area contributed by atoms with Gasteiger partial charge in [0.05, 0.1) is 23.2 Å². The van der Waals surface area contributed by atoms with Gasteiger partial charge in [-0.1, -0.05) is 91.5 Å². The third kappa shape index (κ3) is 10.4. The van der Waals surface area contributed by atoms with Crippen molar-refractivity contribution in [3.63, 3.8) is 0 Å². The summed E-state index contributed by atoms with van der Waals surface area (Å²) in [6, 6.07) is 27.2. The fraction of sp³-hybridized carbons (Fsp3) is 0.404. The zero-order valence-corrected chi connectivity index (χ0v) is 38.5. The van der Waals surface area contributed by atoms with Gasteiger partial charge in [0.25, 0.3) is 0 Å². The molecule has 63 heavy (non-hydrogen) atoms. The largest absolute Gasteiger partial charge is 0.486 e. The summed E-state index contributed by atoms with van der Waals surface area (Å²) in [6.07, 6.45) is 7.89. The van der Waals surface area contributed by atoms with E-state index in [0.29, 0.717) is 48.4 Å². The minimum Gasteiger partial charge on any atom is -0.486 e. The zero-order valence-electron chi connectivity index (χ0n) is 37.0. The summed E-state index contributed by atoms with van der Waals surface area (Å²) >= 11 is 12.5. The number of pyridine rings is 1. The number of aromatic nitrogens is 1. The van der Waals surface area contributed by atoms with Crippen LogP contribution in [0, 0.1) is 19.8 Å². The Bertz CT molecular complexity index is 2420. The first kappa shape index (κ1) is 44.7. The van der Waals surface area contributed by atoms with Crippen molar-refractivity contribution in [3.8, 4) is 22.6 Å². The van der Waals surface area contributed by atoms with Gasteiger partial charge in [0.1, 0.15) is 29.7 Å². The van der Waals surface area contributed by atoms with Gasteiger partial charge in [-0.3, -0.25) is 19.6 Å². The molecule has 0 saturated heterocycles. The van der Waals surface area contributed by atoms with Crippen molar-refractivity contribution in [3.05, 3.63) is 146 Å². The van der Waals surface area contributed by atoms with Gasteiger partial charge in [-0.05, 0) is 133 Å². The second kappa shape index (κ2) is 19.9. The fourth-order valence-electron chi connectivity index (χ4n) is 9.57. The summed E-state index contributed by atoms with van der Waals surface area (Å²) in [5.41, 5.74) is 10.8. The molecule has 2 aliphatic heterocycles. The van der Waals surface area contributed by atoms with E-state index in [0.717, 1.165) is 87.5 Å². The minimum atomic E-state index is -0.824. The molecule has 1 amide bonds. The van der Waals surface area contributed by atoms with E-state index in [1.54, 1.807) is 0 Å². The lowest BCUT2D eigenvalue weighted by Gasteiger charge is -2.38. The average molecular weight is 890 g/mol. The molecule has 3 heterocycles. The molecule has 4 atom stereocenters. The van der Waals surface area contributed by atoms with Gasteiger partial charge < -0.3 is 19.5 Å². The Labute approximate surface area is 382 Å². The Hall–Kier alpha value is -4.93. The second-order valence-electron chi connectivity index (χ2n) is 17.6. The number of likely N-dealkylation sites (N-methyl/N-ethyl adjacent to an activating group) is 1. The Kier molecular flexibility index (Phi) is 14.1. The predicted molar refractivity (Wildman–Crippen MR) is 249 cm³/mol. The predicted octanol–water partition coefficient (Wildman–Crippen LogP) is 10.6. The lowest BCUT2D eigenvalue weighted by molar-refractivity contribution is -0.145. The number of ether oxygens (including phenoxy) is 3. The number of benzene rings is 4. The zero-order chi connectivity index (χ0) is 44.2. The van der Waals surface area contributed by atoms with Crippen LogP contribution in [0.5, 0.6) is 11.5 Å². The van der Waals surface area contributed by atoms with E-state index >= 15 is 0 Å². The summed E-state index contributed by atoms with van der Waals surface area (Å²) < 4.78 is 18.6. The van der Waals surface area contributed by atoms with Crippen molar-refractivity contribution in [2.45, 2.75) is 103 Å². The Morgan fingerprint density at radius 3 is 2.38 bits per heavy atom. The number of amides is 1. The van der Waals surface area contributed by atoms with E-state index in [4.69, 9.17) is 37.4 Å². The Morgan fingerprint density at radius 1 is 0.905 bits per heavy atom. The highest BCUT2D eigenvalue weighted by Crippen LogP contribution is 2.38. The van der Waals surface area contributed by atoms with Crippen LogP contribution >= 0.6 is 23.2 Å². The summed E-state index contributed by atoms with van der Waals surface area (Å²) in [5, 5.41) is 4.19. The number of fused-ring (bicyclic) bond motifs is 2. The van der Waals surface area contributed by atoms with E-state index in [1.165, 1.54) is 25.5 Å². The number of methoxy groups -OCH3 is 1. The first-order chi connectivity index (χ1) is 30.5. The minimum absolute atomic E-state index is 0.147. The van der Waals surface area contributed by atoms with Crippen molar-refractivity contribution in [1.82, 2.24) is 20.1 Å². The highest BCUT2D eigenvalue weighted by molar-refractivity contribution is 6.42. The van der Waals surface area contributed by atoms with Crippen molar-refractivity contribution in [2.24, 2.45) is 5.92 Å². The van der Waals surface area contributed by atoms with Gasteiger partial charge in [0.2, 0.25) is 5.91 Å². The average Bonchev–Trinajstić information content (AvgIpc) is 3.74. The van der Waals surface area contributed by atoms with Crippen LogP contribution in [-0.2, 0) is 40.3 Å². The first-order valence-electron chi connectivity index (χ1n) is 22.3. The van der Waals surface area contributed by atoms with Gasteiger partial charge in [-0.15, -0.1) is 0 Å². The monoisotopic (exact) mass is 888 g/mol. The van der Waals surface area contributed by atoms with E-state index in [-0.39, 0.29) is 18.1 Å². The van der Waals surface area contributed by atoms with E-state index in [9.17, 15) is 9.59 Å². The molecule has 0 radical (unpaired) electrons. The van der Waals surface area contributed by atoms with Gasteiger partial charge in [-0.2, -0.15) is 0 Å². The fourth-order valence-corrected chi connectivity index (χ4v) is 9.88. The maximum Gasteiger partial charge on any atom is 0.328 e. The molecule has 8 rings (SSSR count). The molecule has 0 spiro atoms. The smallest absolute Gasteiger partial charge is 0.328 e. The third-order valence-corrected chi connectivity index (χ3v) is 14.0. The van der Waals surface area contributed by atoms with Crippen molar-refractivity contribution in [2.75, 3.05) is 27.2 Å². The molecule has 5 aromatic rings. The van der Waals surface area contributed by atoms with Crippen LogP contribution in [0.3, 0.4) is 0 Å². The third-order valence-electron chi connectivity index (χ3n) is 13.2. The lowest BCUT2D eigenvalue weighted by atomic mass is 9.90. The summed E-state index contributed by atoms with van der Waals surface area (Å²) in [5.74, 6) is 1.58. The summed E-state index contributed by atoms with van der Waals surface area (Å²) in [4.78, 5) is 36.8. The molecular formula is C52H58Cl2N4O5. The molecule has 1 fully saturated rings. The molecule has 1 aromatic heterocycles. The maximum atomic E-state index is 14.5. The number of hydrogen-bond donors (Lipinski definition) is 1. The molecule has 330 valence electrons. The van der Waals surface area contributed by atoms with E-state index in [2.05, 4.69) is 77.4 Å². The van der Waals surface area contributed by atoms with Gasteiger partial charge in [-0.25, -0.2) is 4.79 Å². The molecule has 0 bridgehead atoms. The number of carbonyl (C=O) groups excluding carboxylic acids is 2. The molecule has 11 heteroatoms. The number of rotatable bonds is 13. The van der Waals surface area contributed by atoms with Crippen LogP contribution in [0.2, 0.25) is 10.0 Å². The Balaban J connectivity index is 0.990. The SMILES string of the molecule is CC[C@@H](Oc1ccc([C@H]2CN(C)Cc3cc4c(cc3O2)CN(CC2CCCC2)[C@H](C(=O)N[C@@H](Cc2ccc(-c3ccnc(C)c3C)cc2)C(=O)OC)C4)cc1)c1ccc(Cl)c(Cl)c1. The normalized spacial score (nSPS) is 19.0. The van der Waals surface area contributed by atoms with E-state index < -0.39 is 18.1 Å². The van der Waals surface area contributed by atoms with Crippen LogP contribution in [0.4, 0.5) is 0 Å². The molecule has 1 N–H and O–H groups in total. The van der Waals surface area contributed by atoms with Crippen molar-refractivity contribution in [1.29, 1.82) is 0 Å². The highest BCUT2D eigenvalue weighted by Gasteiger charge is 2.37. The van der Waals surface area contributed by atoms with Gasteiger partial charge in [0, 0.05) is 50.1 Å². The molecule has 0 unspecified atom stereocenters. The number of aryl methyl sites for hydroxylation is 1. The number of esters is 1. The topological polar surface area (TPSA) is 93.2 Å². The van der Waals surface area contributed by atoms with Gasteiger partial charge in [0.15, 0.2) is 0 Å². The molecule has 1 saturated carbocycles. The maximum absolute atomic E-state index is 14.5. The molecule has 4 aromatic carbocycles. The highest BCUT2D eigenvalue weighted by atomic mass is 35.5. The molecular weight excluding hydrogens is 832 g/mol. The standard InChI is InChI=1S/C52H58Cl2N4O5/c1-6-48(38-17-20-44(53)45(54)25-38)62-42-18-15-37(16-19-42)50-31-57(4)29-41-24-39-26-47(58(28-35-9-7-8-10-35)30-40(39)27-49(41)63-50)51(59)56-46(52(60)61-5)23-34-11-13-36(14-12-34)43-21-22-55-33(3)32(43)2/h11-22,24-25,27,35,46-48,50H,6-10,23,26,28-31H2,1-5H3,(H,56,59)/t46-,47-,48+,50+/m0/s1. The van der Waals surface area contributed by atoms with Gasteiger partial charge >= 0.3 is 5.97 Å². The van der Waals surface area contributed by atoms with Crippen LogP contribution < -0.4 is 14.8 Å². The number of halogens is 2. The van der Waals surface area contributed by atoms with Crippen molar-refractivity contribution >= 4 is 35.1 Å². The Morgan fingerprint density at radius 2 is 1.67 bits per heavy atom. The summed E-state index contributed by atoms with van der Waals surface area (Å²) in [6.45, 7) is 9.06. The molecule has 9 nitrogen and oxygen atoms in total. The molecule has 1 aliphatic carbocycles. The van der Waals surface area contributed by atoms with E-state index in [1.807, 2.05) is 61.7 Å². The first-order valence-corrected chi connectivity index (χ1v) is 23.1. The number of carbonyl (C=O) groups is 2. The number of nitrogens with zero attached hydrogens (tertiary/aromatic N) is 3. The van der Waals surface area contributed by atoms with Crippen LogP contribution in [-0.4, -0.2) is 66.0 Å². The summed E-state index contributed by atoms with van der Waals surface area (Å²) in [7, 11) is 3.50.